The van der Waals surface area contributed by atoms with Crippen LogP contribution >= 0.6 is 0 Å². The SMILES string of the molecule is CCOc1ccccc1N1CCC(C(=O)OC)C1. The first kappa shape index (κ1) is 12.7. The molecule has 0 spiro atoms. The van der Waals surface area contributed by atoms with Crippen LogP contribution < -0.4 is 9.64 Å². The average molecular weight is 249 g/mol. The summed E-state index contributed by atoms with van der Waals surface area (Å²) < 4.78 is 10.4. The molecule has 1 aliphatic heterocycles. The summed E-state index contributed by atoms with van der Waals surface area (Å²) in [5, 5.41) is 0. The van der Waals surface area contributed by atoms with Gasteiger partial charge >= 0.3 is 5.97 Å². The zero-order chi connectivity index (χ0) is 13.0. The van der Waals surface area contributed by atoms with Crippen LogP contribution in [0.25, 0.3) is 0 Å². The van der Waals surface area contributed by atoms with E-state index in [1.54, 1.807) is 0 Å². The first-order valence-corrected chi connectivity index (χ1v) is 6.30. The molecule has 1 atom stereocenters. The van der Waals surface area contributed by atoms with Crippen molar-refractivity contribution in [3.63, 3.8) is 0 Å². The third-order valence-electron chi connectivity index (χ3n) is 3.23. The molecule has 4 heteroatoms. The van der Waals surface area contributed by atoms with E-state index in [4.69, 9.17) is 9.47 Å². The van der Waals surface area contributed by atoms with Crippen LogP contribution in [-0.4, -0.2) is 32.8 Å². The molecule has 0 radical (unpaired) electrons. The third kappa shape index (κ3) is 2.58. The van der Waals surface area contributed by atoms with E-state index < -0.39 is 0 Å². The summed E-state index contributed by atoms with van der Waals surface area (Å²) in [6.45, 7) is 4.18. The maximum absolute atomic E-state index is 11.5. The van der Waals surface area contributed by atoms with E-state index in [1.807, 2.05) is 31.2 Å². The molecule has 0 amide bonds. The monoisotopic (exact) mass is 249 g/mol. The van der Waals surface area contributed by atoms with Crippen LogP contribution in [0.2, 0.25) is 0 Å². The lowest BCUT2D eigenvalue weighted by Gasteiger charge is -2.21. The largest absolute Gasteiger partial charge is 0.492 e. The maximum Gasteiger partial charge on any atom is 0.310 e. The average Bonchev–Trinajstić information content (AvgIpc) is 2.88. The Balaban J connectivity index is 2.11. The summed E-state index contributed by atoms with van der Waals surface area (Å²) >= 11 is 0. The van der Waals surface area contributed by atoms with Crippen molar-refractivity contribution in [3.8, 4) is 5.75 Å². The van der Waals surface area contributed by atoms with Gasteiger partial charge in [-0.3, -0.25) is 4.79 Å². The Kier molecular flexibility index (Phi) is 4.07. The summed E-state index contributed by atoms with van der Waals surface area (Å²) in [4.78, 5) is 13.7. The van der Waals surface area contributed by atoms with E-state index >= 15 is 0 Å². The predicted molar refractivity (Wildman–Crippen MR) is 69.9 cm³/mol. The van der Waals surface area contributed by atoms with E-state index in [9.17, 15) is 4.79 Å². The molecule has 98 valence electrons. The second-order valence-corrected chi connectivity index (χ2v) is 4.36. The van der Waals surface area contributed by atoms with Crippen LogP contribution in [0.5, 0.6) is 5.75 Å². The van der Waals surface area contributed by atoms with Gasteiger partial charge in [0.15, 0.2) is 0 Å². The molecule has 1 unspecified atom stereocenters. The van der Waals surface area contributed by atoms with Gasteiger partial charge in [-0.25, -0.2) is 0 Å². The molecule has 0 saturated carbocycles. The van der Waals surface area contributed by atoms with Crippen LogP contribution in [0.1, 0.15) is 13.3 Å². The number of carbonyl (C=O) groups is 1. The molecular weight excluding hydrogens is 230 g/mol. The van der Waals surface area contributed by atoms with Crippen LogP contribution in [0.4, 0.5) is 5.69 Å². The van der Waals surface area contributed by atoms with Gasteiger partial charge in [0, 0.05) is 13.1 Å². The predicted octanol–water partition coefficient (Wildman–Crippen LogP) is 2.08. The summed E-state index contributed by atoms with van der Waals surface area (Å²) in [5.41, 5.74) is 1.06. The number of para-hydroxylation sites is 2. The molecule has 1 heterocycles. The van der Waals surface area contributed by atoms with E-state index in [-0.39, 0.29) is 11.9 Å². The zero-order valence-electron chi connectivity index (χ0n) is 10.9. The number of esters is 1. The van der Waals surface area contributed by atoms with E-state index in [1.165, 1.54) is 7.11 Å². The van der Waals surface area contributed by atoms with Crippen molar-refractivity contribution >= 4 is 11.7 Å². The van der Waals surface area contributed by atoms with Gasteiger partial charge in [-0.2, -0.15) is 0 Å². The lowest BCUT2D eigenvalue weighted by atomic mass is 10.1. The Morgan fingerprint density at radius 3 is 2.94 bits per heavy atom. The molecule has 0 bridgehead atoms. The molecule has 0 aromatic heterocycles. The molecule has 0 aliphatic carbocycles. The number of benzene rings is 1. The lowest BCUT2D eigenvalue weighted by molar-refractivity contribution is -0.144. The molecule has 1 aliphatic rings. The Morgan fingerprint density at radius 2 is 2.22 bits per heavy atom. The third-order valence-corrected chi connectivity index (χ3v) is 3.23. The highest BCUT2D eigenvalue weighted by Gasteiger charge is 2.30. The van der Waals surface area contributed by atoms with E-state index in [0.29, 0.717) is 13.2 Å². The Morgan fingerprint density at radius 1 is 1.44 bits per heavy atom. The molecule has 4 nitrogen and oxygen atoms in total. The second kappa shape index (κ2) is 5.76. The number of nitrogens with zero attached hydrogens (tertiary/aromatic N) is 1. The van der Waals surface area contributed by atoms with Gasteiger partial charge in [0.05, 0.1) is 25.3 Å². The summed E-state index contributed by atoms with van der Waals surface area (Å²) in [5.74, 6) is 0.738. The Hall–Kier alpha value is -1.71. The smallest absolute Gasteiger partial charge is 0.310 e. The van der Waals surface area contributed by atoms with Crippen molar-refractivity contribution in [2.24, 2.45) is 5.92 Å². The fourth-order valence-electron chi connectivity index (χ4n) is 2.33. The van der Waals surface area contributed by atoms with Gasteiger partial charge in [-0.05, 0) is 25.5 Å². The minimum Gasteiger partial charge on any atom is -0.492 e. The number of methoxy groups -OCH3 is 1. The highest BCUT2D eigenvalue weighted by atomic mass is 16.5. The standard InChI is InChI=1S/C14H19NO3/c1-3-18-13-7-5-4-6-12(13)15-9-8-11(10-15)14(16)17-2/h4-7,11H,3,8-10H2,1-2H3. The molecule has 1 aromatic carbocycles. The minimum atomic E-state index is -0.119. The molecule has 18 heavy (non-hydrogen) atoms. The summed E-state index contributed by atoms with van der Waals surface area (Å²) in [7, 11) is 1.44. The minimum absolute atomic E-state index is 0.0234. The van der Waals surface area contributed by atoms with Crippen molar-refractivity contribution in [2.75, 3.05) is 31.7 Å². The van der Waals surface area contributed by atoms with Gasteiger partial charge in [-0.15, -0.1) is 0 Å². The van der Waals surface area contributed by atoms with Gasteiger partial charge in [0.2, 0.25) is 0 Å². The van der Waals surface area contributed by atoms with Crippen molar-refractivity contribution in [1.29, 1.82) is 0 Å². The van der Waals surface area contributed by atoms with Gasteiger partial charge in [0.25, 0.3) is 0 Å². The molecular formula is C14H19NO3. The van der Waals surface area contributed by atoms with Crippen molar-refractivity contribution in [1.82, 2.24) is 0 Å². The molecule has 1 fully saturated rings. The number of rotatable bonds is 4. The number of ether oxygens (including phenoxy) is 2. The Bertz CT molecular complexity index is 419. The van der Waals surface area contributed by atoms with Crippen molar-refractivity contribution in [3.05, 3.63) is 24.3 Å². The van der Waals surface area contributed by atoms with E-state index in [2.05, 4.69) is 4.90 Å². The highest BCUT2D eigenvalue weighted by molar-refractivity contribution is 5.74. The highest BCUT2D eigenvalue weighted by Crippen LogP contribution is 2.32. The van der Waals surface area contributed by atoms with Crippen LogP contribution in [-0.2, 0) is 9.53 Å². The summed E-state index contributed by atoms with van der Waals surface area (Å²) in [6.07, 6.45) is 0.840. The molecule has 1 aromatic rings. The number of anilines is 1. The maximum atomic E-state index is 11.5. The van der Waals surface area contributed by atoms with Crippen molar-refractivity contribution < 1.29 is 14.3 Å². The molecule has 0 N–H and O–H groups in total. The quantitative estimate of drug-likeness (QED) is 0.766. The van der Waals surface area contributed by atoms with Crippen LogP contribution in [0, 0.1) is 5.92 Å². The number of hydrogen-bond acceptors (Lipinski definition) is 4. The van der Waals surface area contributed by atoms with Crippen LogP contribution in [0.3, 0.4) is 0 Å². The molecule has 2 rings (SSSR count). The van der Waals surface area contributed by atoms with Crippen LogP contribution in [0.15, 0.2) is 24.3 Å². The number of hydrogen-bond donors (Lipinski definition) is 0. The van der Waals surface area contributed by atoms with Gasteiger partial charge < -0.3 is 14.4 Å². The first-order chi connectivity index (χ1) is 8.76. The first-order valence-electron chi connectivity index (χ1n) is 6.30. The fourth-order valence-corrected chi connectivity index (χ4v) is 2.33. The fraction of sp³-hybridized carbons (Fsp3) is 0.500. The van der Waals surface area contributed by atoms with Gasteiger partial charge in [-0.1, -0.05) is 12.1 Å². The van der Waals surface area contributed by atoms with E-state index in [0.717, 1.165) is 24.4 Å². The second-order valence-electron chi connectivity index (χ2n) is 4.36. The topological polar surface area (TPSA) is 38.8 Å². The zero-order valence-corrected chi connectivity index (χ0v) is 10.9. The molecule has 1 saturated heterocycles. The van der Waals surface area contributed by atoms with Crippen molar-refractivity contribution in [2.45, 2.75) is 13.3 Å². The lowest BCUT2D eigenvalue weighted by Crippen LogP contribution is -2.24. The summed E-state index contributed by atoms with van der Waals surface area (Å²) in [6, 6.07) is 7.95. The Labute approximate surface area is 107 Å². The normalized spacial score (nSPS) is 18.8. The van der Waals surface area contributed by atoms with Gasteiger partial charge in [0.1, 0.15) is 5.75 Å². The number of carbonyl (C=O) groups excluding carboxylic acids is 1.